The third kappa shape index (κ3) is 5.03. The molecule has 0 aliphatic carbocycles. The minimum Gasteiger partial charge on any atom is -0.506 e. The van der Waals surface area contributed by atoms with Gasteiger partial charge in [-0.25, -0.2) is 0 Å². The van der Waals surface area contributed by atoms with Gasteiger partial charge in [0.15, 0.2) is 12.4 Å². The lowest BCUT2D eigenvalue weighted by Crippen LogP contribution is -2.43. The highest BCUT2D eigenvalue weighted by atomic mass is 19.4. The summed E-state index contributed by atoms with van der Waals surface area (Å²) in [6, 6.07) is 7.86. The standard InChI is InChI=1S/C21H23F3N2O4/c1-20(2,9-12-3-5-13(6-4-12)21(22,23)24)25-10-16(28)14-7-8-15(27)18-19(14)30-11-17(29)26-18/h3-8,16,25,27-28H,9-11H2,1-2H3,(H,26,29). The Morgan fingerprint density at radius 1 is 1.17 bits per heavy atom. The minimum absolute atomic E-state index is 0.117. The van der Waals surface area contributed by atoms with Crippen LogP contribution in [0, 0.1) is 0 Å². The molecule has 162 valence electrons. The van der Waals surface area contributed by atoms with Crippen LogP contribution in [0.1, 0.15) is 36.6 Å². The molecule has 1 heterocycles. The van der Waals surface area contributed by atoms with E-state index < -0.39 is 29.3 Å². The lowest BCUT2D eigenvalue weighted by molar-refractivity contribution is -0.137. The maximum Gasteiger partial charge on any atom is 0.416 e. The molecular weight excluding hydrogens is 401 g/mol. The normalized spacial score (nSPS) is 15.2. The second-order valence-electron chi connectivity index (χ2n) is 7.87. The van der Waals surface area contributed by atoms with E-state index in [2.05, 4.69) is 10.6 Å². The number of halogens is 3. The molecule has 1 unspecified atom stereocenters. The molecule has 30 heavy (non-hydrogen) atoms. The van der Waals surface area contributed by atoms with E-state index >= 15 is 0 Å². The molecule has 9 heteroatoms. The van der Waals surface area contributed by atoms with E-state index in [1.165, 1.54) is 24.3 Å². The van der Waals surface area contributed by atoms with Gasteiger partial charge in [-0.2, -0.15) is 13.2 Å². The maximum absolute atomic E-state index is 12.7. The number of carbonyl (C=O) groups excluding carboxylic acids is 1. The summed E-state index contributed by atoms with van der Waals surface area (Å²) < 4.78 is 43.5. The summed E-state index contributed by atoms with van der Waals surface area (Å²) in [7, 11) is 0. The van der Waals surface area contributed by atoms with Gasteiger partial charge in [-0.1, -0.05) is 12.1 Å². The molecule has 1 aliphatic rings. The number of ether oxygens (including phenoxy) is 1. The average molecular weight is 424 g/mol. The number of phenolic OH excluding ortho intramolecular Hbond substituents is 1. The van der Waals surface area contributed by atoms with Gasteiger partial charge in [0.1, 0.15) is 11.4 Å². The fourth-order valence-electron chi connectivity index (χ4n) is 3.31. The summed E-state index contributed by atoms with van der Waals surface area (Å²) in [5.41, 5.74) is 0.0272. The summed E-state index contributed by atoms with van der Waals surface area (Å²) >= 11 is 0. The number of aliphatic hydroxyl groups excluding tert-OH is 1. The van der Waals surface area contributed by atoms with Gasteiger partial charge in [-0.05, 0) is 50.1 Å². The largest absolute Gasteiger partial charge is 0.506 e. The number of hydrogen-bond acceptors (Lipinski definition) is 5. The Morgan fingerprint density at radius 2 is 1.83 bits per heavy atom. The summed E-state index contributed by atoms with van der Waals surface area (Å²) in [5, 5.41) is 26.3. The Labute approximate surface area is 171 Å². The molecule has 4 N–H and O–H groups in total. The zero-order chi connectivity index (χ0) is 22.1. The molecule has 0 saturated carbocycles. The SMILES string of the molecule is CC(C)(Cc1ccc(C(F)(F)F)cc1)NCC(O)c1ccc(O)c2c1OCC(=O)N2. The number of β-amino-alcohol motifs (C(OH)–C–C–N with tert-alkyl or cyclic N) is 1. The summed E-state index contributed by atoms with van der Waals surface area (Å²) in [6.45, 7) is 3.66. The fourth-order valence-corrected chi connectivity index (χ4v) is 3.31. The molecule has 1 atom stereocenters. The topological polar surface area (TPSA) is 90.8 Å². The first kappa shape index (κ1) is 21.9. The van der Waals surface area contributed by atoms with Crippen LogP contribution in [0.3, 0.4) is 0 Å². The third-order valence-electron chi connectivity index (χ3n) is 4.84. The van der Waals surface area contributed by atoms with Crippen LogP contribution < -0.4 is 15.4 Å². The number of phenols is 1. The predicted molar refractivity (Wildman–Crippen MR) is 104 cm³/mol. The van der Waals surface area contributed by atoms with Crippen LogP contribution in [0.5, 0.6) is 11.5 Å². The molecule has 0 saturated heterocycles. The number of anilines is 1. The molecule has 3 rings (SSSR count). The van der Waals surface area contributed by atoms with Crippen molar-refractivity contribution in [1.29, 1.82) is 0 Å². The first-order chi connectivity index (χ1) is 14.0. The third-order valence-corrected chi connectivity index (χ3v) is 4.84. The Bertz CT molecular complexity index is 927. The van der Waals surface area contributed by atoms with E-state index in [1.807, 2.05) is 13.8 Å². The van der Waals surface area contributed by atoms with E-state index in [0.29, 0.717) is 12.0 Å². The number of alkyl halides is 3. The fraction of sp³-hybridized carbons (Fsp3) is 0.381. The molecule has 0 fully saturated rings. The van der Waals surface area contributed by atoms with E-state index in [9.17, 15) is 28.2 Å². The van der Waals surface area contributed by atoms with Crippen LogP contribution in [0.25, 0.3) is 0 Å². The monoisotopic (exact) mass is 424 g/mol. The summed E-state index contributed by atoms with van der Waals surface area (Å²) in [6.07, 6.45) is -4.93. The lowest BCUT2D eigenvalue weighted by Gasteiger charge is -2.29. The molecule has 0 aromatic heterocycles. The summed E-state index contributed by atoms with van der Waals surface area (Å²) in [5.74, 6) is -0.353. The van der Waals surface area contributed by atoms with Crippen LogP contribution in [-0.2, 0) is 17.4 Å². The Kier molecular flexibility index (Phi) is 5.96. The number of aliphatic hydroxyl groups is 1. The Hall–Kier alpha value is -2.78. The van der Waals surface area contributed by atoms with Gasteiger partial charge in [0.05, 0.1) is 11.7 Å². The molecule has 0 bridgehead atoms. The van der Waals surface area contributed by atoms with Crippen molar-refractivity contribution in [2.24, 2.45) is 0 Å². The van der Waals surface area contributed by atoms with Crippen LogP contribution >= 0.6 is 0 Å². The van der Waals surface area contributed by atoms with Gasteiger partial charge < -0.3 is 25.6 Å². The first-order valence-corrected chi connectivity index (χ1v) is 9.34. The number of carbonyl (C=O) groups is 1. The number of amides is 1. The number of hydrogen-bond donors (Lipinski definition) is 4. The van der Waals surface area contributed by atoms with Crippen molar-refractivity contribution >= 4 is 11.6 Å². The van der Waals surface area contributed by atoms with Crippen molar-refractivity contribution in [3.05, 3.63) is 53.1 Å². The smallest absolute Gasteiger partial charge is 0.416 e. The highest BCUT2D eigenvalue weighted by Crippen LogP contribution is 2.41. The van der Waals surface area contributed by atoms with Crippen molar-refractivity contribution in [2.75, 3.05) is 18.5 Å². The number of rotatable bonds is 6. The van der Waals surface area contributed by atoms with Crippen LogP contribution in [0.15, 0.2) is 36.4 Å². The van der Waals surface area contributed by atoms with E-state index in [-0.39, 0.29) is 30.3 Å². The number of aromatic hydroxyl groups is 1. The molecule has 1 aliphatic heterocycles. The van der Waals surface area contributed by atoms with E-state index in [0.717, 1.165) is 17.7 Å². The van der Waals surface area contributed by atoms with Crippen molar-refractivity contribution < 1.29 is 32.9 Å². The zero-order valence-corrected chi connectivity index (χ0v) is 16.5. The van der Waals surface area contributed by atoms with E-state index in [4.69, 9.17) is 4.74 Å². The van der Waals surface area contributed by atoms with E-state index in [1.54, 1.807) is 0 Å². The Morgan fingerprint density at radius 3 is 2.47 bits per heavy atom. The molecule has 2 aromatic carbocycles. The minimum atomic E-state index is -4.37. The molecule has 1 amide bonds. The van der Waals surface area contributed by atoms with Crippen LogP contribution in [0.4, 0.5) is 18.9 Å². The van der Waals surface area contributed by atoms with Crippen LogP contribution in [0.2, 0.25) is 0 Å². The summed E-state index contributed by atoms with van der Waals surface area (Å²) in [4.78, 5) is 11.5. The molecule has 2 aromatic rings. The second kappa shape index (κ2) is 8.16. The highest BCUT2D eigenvalue weighted by molar-refractivity contribution is 5.97. The first-order valence-electron chi connectivity index (χ1n) is 9.34. The average Bonchev–Trinajstić information content (AvgIpc) is 2.66. The predicted octanol–water partition coefficient (Wildman–Crippen LogP) is 3.39. The quantitative estimate of drug-likeness (QED) is 0.534. The molecule has 0 spiro atoms. The number of fused-ring (bicyclic) bond motifs is 1. The van der Waals surface area contributed by atoms with Gasteiger partial charge in [0, 0.05) is 17.6 Å². The molecule has 6 nitrogen and oxygen atoms in total. The number of benzene rings is 2. The zero-order valence-electron chi connectivity index (χ0n) is 16.5. The van der Waals surface area contributed by atoms with Crippen molar-refractivity contribution in [3.63, 3.8) is 0 Å². The van der Waals surface area contributed by atoms with Crippen molar-refractivity contribution in [1.82, 2.24) is 5.32 Å². The molecular formula is C21H23F3N2O4. The lowest BCUT2D eigenvalue weighted by atomic mass is 9.93. The van der Waals surface area contributed by atoms with Crippen molar-refractivity contribution in [3.8, 4) is 11.5 Å². The molecule has 0 radical (unpaired) electrons. The highest BCUT2D eigenvalue weighted by Gasteiger charge is 2.30. The Balaban J connectivity index is 1.66. The maximum atomic E-state index is 12.7. The van der Waals surface area contributed by atoms with Crippen LogP contribution in [-0.4, -0.2) is 34.8 Å². The number of nitrogens with one attached hydrogen (secondary N) is 2. The van der Waals surface area contributed by atoms with Gasteiger partial charge in [0.25, 0.3) is 5.91 Å². The van der Waals surface area contributed by atoms with Gasteiger partial charge in [0.2, 0.25) is 0 Å². The second-order valence-corrected chi connectivity index (χ2v) is 7.87. The van der Waals surface area contributed by atoms with Gasteiger partial charge in [-0.3, -0.25) is 4.79 Å². The van der Waals surface area contributed by atoms with Crippen molar-refractivity contribution in [2.45, 2.75) is 38.1 Å². The van der Waals surface area contributed by atoms with Gasteiger partial charge >= 0.3 is 6.18 Å². The van der Waals surface area contributed by atoms with Gasteiger partial charge in [-0.15, -0.1) is 0 Å².